The Hall–Kier alpha value is -2.37. The van der Waals surface area contributed by atoms with Crippen LogP contribution in [-0.2, 0) is 6.42 Å². The number of nitrogens with one attached hydrogen (secondary N) is 1. The molecule has 0 aliphatic rings. The summed E-state index contributed by atoms with van der Waals surface area (Å²) < 4.78 is 5.23. The van der Waals surface area contributed by atoms with Crippen molar-refractivity contribution in [2.24, 2.45) is 0 Å². The molecular weight excluding hydrogens is 234 g/mol. The van der Waals surface area contributed by atoms with E-state index < -0.39 is 5.97 Å². The highest BCUT2D eigenvalue weighted by atomic mass is 16.4. The summed E-state index contributed by atoms with van der Waals surface area (Å²) in [7, 11) is 0. The van der Waals surface area contributed by atoms with Gasteiger partial charge in [0.1, 0.15) is 11.6 Å². The SMILES string of the molecule is CC(Cc1ccco1)Nc1cncc(C(=O)O)n1. The second-order valence-corrected chi connectivity index (χ2v) is 3.92. The largest absolute Gasteiger partial charge is 0.476 e. The van der Waals surface area contributed by atoms with E-state index in [4.69, 9.17) is 9.52 Å². The quantitative estimate of drug-likeness (QED) is 0.837. The van der Waals surface area contributed by atoms with Gasteiger partial charge in [0.2, 0.25) is 0 Å². The Morgan fingerprint density at radius 2 is 2.39 bits per heavy atom. The van der Waals surface area contributed by atoms with Gasteiger partial charge in [0.25, 0.3) is 0 Å². The average Bonchev–Trinajstić information content (AvgIpc) is 2.82. The topological polar surface area (TPSA) is 88.2 Å². The Morgan fingerprint density at radius 1 is 1.56 bits per heavy atom. The van der Waals surface area contributed by atoms with Crippen molar-refractivity contribution in [1.82, 2.24) is 9.97 Å². The molecular formula is C12H13N3O3. The minimum atomic E-state index is -1.09. The first-order valence-electron chi connectivity index (χ1n) is 5.49. The van der Waals surface area contributed by atoms with Crippen molar-refractivity contribution in [2.75, 3.05) is 5.32 Å². The molecule has 2 rings (SSSR count). The van der Waals surface area contributed by atoms with Crippen molar-refractivity contribution in [1.29, 1.82) is 0 Å². The highest BCUT2D eigenvalue weighted by Gasteiger charge is 2.09. The first-order valence-corrected chi connectivity index (χ1v) is 5.49. The van der Waals surface area contributed by atoms with Gasteiger partial charge in [-0.15, -0.1) is 0 Å². The molecule has 1 unspecified atom stereocenters. The Kier molecular flexibility index (Phi) is 3.57. The van der Waals surface area contributed by atoms with Crippen LogP contribution in [0.5, 0.6) is 0 Å². The van der Waals surface area contributed by atoms with Gasteiger partial charge in [-0.1, -0.05) is 0 Å². The highest BCUT2D eigenvalue weighted by Crippen LogP contribution is 2.09. The number of furan rings is 1. The minimum absolute atomic E-state index is 0.0643. The first kappa shape index (κ1) is 12.1. The van der Waals surface area contributed by atoms with Gasteiger partial charge in [0, 0.05) is 12.5 Å². The van der Waals surface area contributed by atoms with Crippen LogP contribution in [0.4, 0.5) is 5.82 Å². The third kappa shape index (κ3) is 3.07. The molecule has 1 atom stereocenters. The van der Waals surface area contributed by atoms with E-state index in [1.807, 2.05) is 19.1 Å². The molecule has 2 heterocycles. The number of aromatic nitrogens is 2. The first-order chi connectivity index (χ1) is 8.65. The van der Waals surface area contributed by atoms with Crippen LogP contribution in [0.1, 0.15) is 23.2 Å². The summed E-state index contributed by atoms with van der Waals surface area (Å²) in [4.78, 5) is 18.5. The Balaban J connectivity index is 2.00. The van der Waals surface area contributed by atoms with Gasteiger partial charge >= 0.3 is 5.97 Å². The van der Waals surface area contributed by atoms with Crippen molar-refractivity contribution in [2.45, 2.75) is 19.4 Å². The predicted molar refractivity (Wildman–Crippen MR) is 64.5 cm³/mol. The molecule has 0 bridgehead atoms. The summed E-state index contributed by atoms with van der Waals surface area (Å²) in [5.74, 6) is 0.205. The number of nitrogens with zero attached hydrogens (tertiary/aromatic N) is 2. The Bertz CT molecular complexity index is 525. The number of carboxylic acids is 1. The summed E-state index contributed by atoms with van der Waals surface area (Å²) in [5.41, 5.74) is -0.0785. The van der Waals surface area contributed by atoms with Gasteiger partial charge in [-0.3, -0.25) is 4.98 Å². The minimum Gasteiger partial charge on any atom is -0.476 e. The van der Waals surface area contributed by atoms with E-state index in [2.05, 4.69) is 15.3 Å². The lowest BCUT2D eigenvalue weighted by Crippen LogP contribution is -2.19. The van der Waals surface area contributed by atoms with E-state index in [1.165, 1.54) is 12.4 Å². The monoisotopic (exact) mass is 247 g/mol. The predicted octanol–water partition coefficient (Wildman–Crippen LogP) is 1.81. The Morgan fingerprint density at radius 3 is 3.06 bits per heavy atom. The van der Waals surface area contributed by atoms with Gasteiger partial charge in [-0.05, 0) is 19.1 Å². The Labute approximate surface area is 104 Å². The number of rotatable bonds is 5. The molecule has 0 aromatic carbocycles. The number of anilines is 1. The fraction of sp³-hybridized carbons (Fsp3) is 0.250. The summed E-state index contributed by atoms with van der Waals surface area (Å²) in [5, 5.41) is 11.9. The zero-order chi connectivity index (χ0) is 13.0. The average molecular weight is 247 g/mol. The second-order valence-electron chi connectivity index (χ2n) is 3.92. The molecule has 0 spiro atoms. The van der Waals surface area contributed by atoms with E-state index in [0.717, 1.165) is 5.76 Å². The van der Waals surface area contributed by atoms with Crippen molar-refractivity contribution >= 4 is 11.8 Å². The van der Waals surface area contributed by atoms with Gasteiger partial charge in [-0.2, -0.15) is 0 Å². The summed E-state index contributed by atoms with van der Waals surface area (Å²) in [6.45, 7) is 1.96. The molecule has 6 nitrogen and oxygen atoms in total. The fourth-order valence-corrected chi connectivity index (χ4v) is 1.57. The third-order valence-electron chi connectivity index (χ3n) is 2.34. The van der Waals surface area contributed by atoms with Crippen LogP contribution in [0.25, 0.3) is 0 Å². The van der Waals surface area contributed by atoms with Crippen LogP contribution in [0.2, 0.25) is 0 Å². The smallest absolute Gasteiger partial charge is 0.356 e. The maximum atomic E-state index is 10.7. The summed E-state index contributed by atoms with van der Waals surface area (Å²) in [6.07, 6.45) is 5.01. The van der Waals surface area contributed by atoms with Crippen LogP contribution < -0.4 is 5.32 Å². The van der Waals surface area contributed by atoms with Crippen LogP contribution in [-0.4, -0.2) is 27.1 Å². The standard InChI is InChI=1S/C12H13N3O3/c1-8(5-9-3-2-4-18-9)14-11-7-13-6-10(15-11)12(16)17/h2-4,6-8H,5H2,1H3,(H,14,15)(H,16,17). The second kappa shape index (κ2) is 5.31. The maximum absolute atomic E-state index is 10.7. The molecule has 0 radical (unpaired) electrons. The van der Waals surface area contributed by atoms with Gasteiger partial charge in [0.15, 0.2) is 5.69 Å². The van der Waals surface area contributed by atoms with E-state index in [0.29, 0.717) is 12.2 Å². The van der Waals surface area contributed by atoms with E-state index in [1.54, 1.807) is 6.26 Å². The molecule has 18 heavy (non-hydrogen) atoms. The van der Waals surface area contributed by atoms with Crippen LogP contribution in [0.3, 0.4) is 0 Å². The molecule has 0 saturated heterocycles. The lowest BCUT2D eigenvalue weighted by atomic mass is 10.2. The van der Waals surface area contributed by atoms with Gasteiger partial charge in [0.05, 0.1) is 18.7 Å². The number of carboxylic acid groups (broad SMARTS) is 1. The molecule has 94 valence electrons. The molecule has 2 aromatic heterocycles. The number of aromatic carboxylic acids is 1. The zero-order valence-corrected chi connectivity index (χ0v) is 9.83. The van der Waals surface area contributed by atoms with Crippen molar-refractivity contribution in [3.8, 4) is 0 Å². The molecule has 0 aliphatic carbocycles. The zero-order valence-electron chi connectivity index (χ0n) is 9.83. The molecule has 6 heteroatoms. The highest BCUT2D eigenvalue weighted by molar-refractivity contribution is 5.85. The number of hydrogen-bond donors (Lipinski definition) is 2. The third-order valence-corrected chi connectivity index (χ3v) is 2.34. The molecule has 2 N–H and O–H groups in total. The molecule has 0 saturated carbocycles. The molecule has 0 aliphatic heterocycles. The van der Waals surface area contributed by atoms with Crippen LogP contribution >= 0.6 is 0 Å². The lowest BCUT2D eigenvalue weighted by molar-refractivity contribution is 0.0690. The number of carbonyl (C=O) groups is 1. The summed E-state index contributed by atoms with van der Waals surface area (Å²) >= 11 is 0. The van der Waals surface area contributed by atoms with Gasteiger partial charge in [-0.25, -0.2) is 9.78 Å². The van der Waals surface area contributed by atoms with E-state index in [9.17, 15) is 4.79 Å². The van der Waals surface area contributed by atoms with Crippen molar-refractivity contribution in [3.05, 3.63) is 42.2 Å². The maximum Gasteiger partial charge on any atom is 0.356 e. The fourth-order valence-electron chi connectivity index (χ4n) is 1.57. The van der Waals surface area contributed by atoms with E-state index in [-0.39, 0.29) is 11.7 Å². The normalized spacial score (nSPS) is 12.1. The van der Waals surface area contributed by atoms with Crippen molar-refractivity contribution in [3.63, 3.8) is 0 Å². The molecule has 0 fully saturated rings. The molecule has 2 aromatic rings. The molecule has 0 amide bonds. The van der Waals surface area contributed by atoms with E-state index >= 15 is 0 Å². The summed E-state index contributed by atoms with van der Waals surface area (Å²) in [6, 6.07) is 3.78. The van der Waals surface area contributed by atoms with Crippen molar-refractivity contribution < 1.29 is 14.3 Å². The van der Waals surface area contributed by atoms with Crippen LogP contribution in [0.15, 0.2) is 35.2 Å². The van der Waals surface area contributed by atoms with Gasteiger partial charge < -0.3 is 14.8 Å². The van der Waals surface area contributed by atoms with Crippen LogP contribution in [0, 0.1) is 0 Å². The number of hydrogen-bond acceptors (Lipinski definition) is 5. The lowest BCUT2D eigenvalue weighted by Gasteiger charge is -2.12.